The Morgan fingerprint density at radius 3 is 1.96 bits per heavy atom. The lowest BCUT2D eigenvalue weighted by Crippen LogP contribution is -2.50. The Morgan fingerprint density at radius 2 is 1.37 bits per heavy atom. The summed E-state index contributed by atoms with van der Waals surface area (Å²) < 4.78 is 52.3. The lowest BCUT2D eigenvalue weighted by atomic mass is 9.99. The second-order valence-electron chi connectivity index (χ2n) is 13.1. The fourth-order valence-corrected chi connectivity index (χ4v) is 6.73. The molecule has 6 rings (SSSR count). The highest BCUT2D eigenvalue weighted by Crippen LogP contribution is 2.38. The first-order valence-electron chi connectivity index (χ1n) is 17.2. The van der Waals surface area contributed by atoms with Gasteiger partial charge in [0, 0.05) is 44.7 Å². The number of amides is 2. The molecule has 0 spiro atoms. The molecule has 4 aromatic rings. The zero-order valence-corrected chi connectivity index (χ0v) is 28.2. The Labute approximate surface area is 295 Å². The van der Waals surface area contributed by atoms with E-state index >= 15 is 0 Å². The van der Waals surface area contributed by atoms with Crippen LogP contribution < -0.4 is 5.32 Å². The third-order valence-corrected chi connectivity index (χ3v) is 9.35. The van der Waals surface area contributed by atoms with Crippen LogP contribution in [0.15, 0.2) is 109 Å². The van der Waals surface area contributed by atoms with Crippen molar-refractivity contribution in [2.45, 2.75) is 76.2 Å². The Morgan fingerprint density at radius 1 is 0.784 bits per heavy atom. The van der Waals surface area contributed by atoms with Gasteiger partial charge in [0.25, 0.3) is 0 Å². The minimum absolute atomic E-state index is 0.0501. The summed E-state index contributed by atoms with van der Waals surface area (Å²) in [5, 5.41) is 12.3. The molecule has 4 unspecified atom stereocenters. The number of hydrogen-bond acceptors (Lipinski definition) is 6. The Bertz CT molecular complexity index is 1680. The lowest BCUT2D eigenvalue weighted by Gasteiger charge is -2.38. The molecule has 268 valence electrons. The number of likely N-dealkylation sites (tertiary alicyclic amines) is 1. The second-order valence-corrected chi connectivity index (χ2v) is 13.1. The minimum atomic E-state index is -5.02. The zero-order valence-electron chi connectivity index (χ0n) is 28.2. The lowest BCUT2D eigenvalue weighted by molar-refractivity contribution is -0.253. The fraction of sp³-hybridized carbons (Fsp3) is 0.350. The number of benzene rings is 4. The molecule has 0 radical (unpaired) electrons. The summed E-state index contributed by atoms with van der Waals surface area (Å²) in [5.74, 6) is -2.59. The van der Waals surface area contributed by atoms with Crippen LogP contribution in [0.4, 0.5) is 13.2 Å². The summed E-state index contributed by atoms with van der Waals surface area (Å²) in [6, 6.07) is 34.6. The molecule has 51 heavy (non-hydrogen) atoms. The summed E-state index contributed by atoms with van der Waals surface area (Å²) in [6.45, 7) is 2.06. The number of alkyl halides is 3. The van der Waals surface area contributed by atoms with Gasteiger partial charge in [-0.1, -0.05) is 109 Å². The summed E-state index contributed by atoms with van der Waals surface area (Å²) >= 11 is 0. The summed E-state index contributed by atoms with van der Waals surface area (Å²) in [7, 11) is 0. The van der Waals surface area contributed by atoms with Crippen molar-refractivity contribution >= 4 is 11.8 Å². The number of nitrogens with one attached hydrogen (secondary N) is 1. The van der Waals surface area contributed by atoms with Crippen molar-refractivity contribution in [3.05, 3.63) is 143 Å². The first-order chi connectivity index (χ1) is 24.7. The SMILES string of the molecule is O=C(NCc1ccc(C2OC(CN(Cc3ccccc3)Cc3ccccc3)CC(c3ccc(CO)cc3)O2)cc1)C1CCCN1C(=O)C(F)(F)F. The van der Waals surface area contributed by atoms with Gasteiger partial charge in [-0.3, -0.25) is 14.5 Å². The molecule has 2 aliphatic rings. The van der Waals surface area contributed by atoms with Crippen molar-refractivity contribution in [3.63, 3.8) is 0 Å². The monoisotopic (exact) mass is 701 g/mol. The molecule has 2 heterocycles. The van der Waals surface area contributed by atoms with Crippen LogP contribution in [0.5, 0.6) is 0 Å². The van der Waals surface area contributed by atoms with Gasteiger partial charge in [-0.05, 0) is 40.7 Å². The third kappa shape index (κ3) is 9.62. The van der Waals surface area contributed by atoms with Crippen molar-refractivity contribution in [2.24, 2.45) is 0 Å². The molecule has 4 aromatic carbocycles. The summed E-state index contributed by atoms with van der Waals surface area (Å²) in [5.41, 5.74) is 5.70. The highest BCUT2D eigenvalue weighted by molar-refractivity contribution is 5.90. The average Bonchev–Trinajstić information content (AvgIpc) is 3.64. The van der Waals surface area contributed by atoms with Gasteiger partial charge < -0.3 is 24.8 Å². The number of aliphatic hydroxyl groups is 1. The van der Waals surface area contributed by atoms with Crippen LogP contribution in [0.2, 0.25) is 0 Å². The third-order valence-electron chi connectivity index (χ3n) is 9.35. The molecular weight excluding hydrogens is 659 g/mol. The van der Waals surface area contributed by atoms with E-state index < -0.39 is 30.3 Å². The zero-order chi connectivity index (χ0) is 35.8. The van der Waals surface area contributed by atoms with Gasteiger partial charge in [0.05, 0.1) is 18.8 Å². The molecule has 4 atom stereocenters. The molecule has 8 nitrogen and oxygen atoms in total. The number of ether oxygens (including phenoxy) is 2. The summed E-state index contributed by atoms with van der Waals surface area (Å²) in [4.78, 5) is 27.6. The largest absolute Gasteiger partial charge is 0.471 e. The first-order valence-corrected chi connectivity index (χ1v) is 17.2. The van der Waals surface area contributed by atoms with E-state index in [1.165, 1.54) is 11.1 Å². The molecule has 2 N–H and O–H groups in total. The number of carbonyl (C=O) groups is 2. The first kappa shape index (κ1) is 36.2. The van der Waals surface area contributed by atoms with Gasteiger partial charge in [-0.15, -0.1) is 0 Å². The standard InChI is InChI=1S/C40H42F3N3O5/c41-40(42,43)39(49)46-21-7-12-35(46)37(48)44-23-28-13-19-33(20-14-28)38-50-34(22-36(51-38)32-17-15-31(27-47)16-18-32)26-45(24-29-8-3-1-4-9-29)25-30-10-5-2-6-11-30/h1-6,8-11,13-20,34-36,38,47H,7,12,21-27H2,(H,44,48). The number of rotatable bonds is 12. The number of hydrogen-bond donors (Lipinski definition) is 2. The fourth-order valence-electron chi connectivity index (χ4n) is 6.73. The molecule has 0 aromatic heterocycles. The number of carbonyl (C=O) groups excluding carboxylic acids is 2. The molecule has 2 amide bonds. The van der Waals surface area contributed by atoms with Crippen LogP contribution in [0.1, 0.15) is 65.0 Å². The van der Waals surface area contributed by atoms with Crippen LogP contribution in [0, 0.1) is 0 Å². The van der Waals surface area contributed by atoms with E-state index in [0.29, 0.717) is 24.3 Å². The smallest absolute Gasteiger partial charge is 0.392 e. The molecule has 0 aliphatic carbocycles. The Balaban J connectivity index is 1.16. The average molecular weight is 702 g/mol. The van der Waals surface area contributed by atoms with Gasteiger partial charge in [0.1, 0.15) is 6.04 Å². The maximum atomic E-state index is 13.0. The maximum absolute atomic E-state index is 13.0. The van der Waals surface area contributed by atoms with E-state index in [4.69, 9.17) is 9.47 Å². The molecular formula is C40H42F3N3O5. The van der Waals surface area contributed by atoms with E-state index in [-0.39, 0.29) is 38.3 Å². The molecule has 2 saturated heterocycles. The molecule has 0 saturated carbocycles. The Kier molecular flexibility index (Phi) is 11.8. The van der Waals surface area contributed by atoms with Crippen molar-refractivity contribution in [3.8, 4) is 0 Å². The number of aliphatic hydroxyl groups excluding tert-OH is 1. The van der Waals surface area contributed by atoms with Crippen LogP contribution in [-0.2, 0) is 45.3 Å². The highest BCUT2D eigenvalue weighted by Gasteiger charge is 2.47. The van der Waals surface area contributed by atoms with Crippen molar-refractivity contribution in [1.82, 2.24) is 15.1 Å². The Hall–Kier alpha value is -4.55. The van der Waals surface area contributed by atoms with Gasteiger partial charge in [-0.25, -0.2) is 0 Å². The summed E-state index contributed by atoms with van der Waals surface area (Å²) in [6.07, 6.45) is -5.04. The second kappa shape index (κ2) is 16.6. The minimum Gasteiger partial charge on any atom is -0.392 e. The number of nitrogens with zero attached hydrogens (tertiary/aromatic N) is 2. The van der Waals surface area contributed by atoms with Gasteiger partial charge in [0.15, 0.2) is 6.29 Å². The van der Waals surface area contributed by atoms with Crippen LogP contribution in [0.3, 0.4) is 0 Å². The normalized spacial score (nSPS) is 20.8. The van der Waals surface area contributed by atoms with Crippen molar-refractivity contribution < 1.29 is 37.3 Å². The van der Waals surface area contributed by atoms with E-state index in [2.05, 4.69) is 34.5 Å². The van der Waals surface area contributed by atoms with Crippen LogP contribution >= 0.6 is 0 Å². The van der Waals surface area contributed by atoms with Crippen LogP contribution in [0.25, 0.3) is 0 Å². The predicted molar refractivity (Wildman–Crippen MR) is 184 cm³/mol. The number of halogens is 3. The van der Waals surface area contributed by atoms with Gasteiger partial charge in [0.2, 0.25) is 5.91 Å². The van der Waals surface area contributed by atoms with E-state index in [9.17, 15) is 27.9 Å². The molecule has 2 aliphatic heterocycles. The van der Waals surface area contributed by atoms with Gasteiger partial charge in [-0.2, -0.15) is 13.2 Å². The predicted octanol–water partition coefficient (Wildman–Crippen LogP) is 6.60. The van der Waals surface area contributed by atoms with Crippen LogP contribution in [-0.4, -0.2) is 58.1 Å². The molecule has 2 fully saturated rings. The topological polar surface area (TPSA) is 91.3 Å². The van der Waals surface area contributed by atoms with E-state index in [0.717, 1.165) is 35.3 Å². The molecule has 0 bridgehead atoms. The van der Waals surface area contributed by atoms with Gasteiger partial charge >= 0.3 is 12.1 Å². The quantitative estimate of drug-likeness (QED) is 0.173. The van der Waals surface area contributed by atoms with E-state index in [1.54, 1.807) is 0 Å². The highest BCUT2D eigenvalue weighted by atomic mass is 19.4. The van der Waals surface area contributed by atoms with Crippen molar-refractivity contribution in [1.29, 1.82) is 0 Å². The van der Waals surface area contributed by atoms with Crippen molar-refractivity contribution in [2.75, 3.05) is 13.1 Å². The maximum Gasteiger partial charge on any atom is 0.471 e. The molecule has 11 heteroatoms. The van der Waals surface area contributed by atoms with E-state index in [1.807, 2.05) is 84.9 Å².